The quantitative estimate of drug-likeness (QED) is 0.151. The van der Waals surface area contributed by atoms with Crippen LogP contribution in [-0.4, -0.2) is 47.8 Å². The third-order valence-corrected chi connectivity index (χ3v) is 16.1. The van der Waals surface area contributed by atoms with Crippen molar-refractivity contribution in [2.24, 2.45) is 0 Å². The van der Waals surface area contributed by atoms with Crippen LogP contribution in [0.2, 0.25) is 0 Å². The molecule has 2 rings (SSSR count). The number of hydrogen-bond acceptors (Lipinski definition) is 7. The molecule has 0 amide bonds. The zero-order valence-electron chi connectivity index (χ0n) is 21.9. The van der Waals surface area contributed by atoms with E-state index in [2.05, 4.69) is 0 Å². The summed E-state index contributed by atoms with van der Waals surface area (Å²) >= 11 is 0. The zero-order chi connectivity index (χ0) is 25.6. The molecule has 0 aromatic heterocycles. The van der Waals surface area contributed by atoms with Gasteiger partial charge in [0.15, 0.2) is 0 Å². The highest BCUT2D eigenvalue weighted by Gasteiger charge is 2.34. The average Bonchev–Trinajstić information content (AvgIpc) is 2.77. The number of sulfonamides is 2. The molecule has 0 heterocycles. The van der Waals surface area contributed by atoms with Gasteiger partial charge in [-0.1, -0.05) is 90.9 Å². The Labute approximate surface area is 228 Å². The first-order valence-electron chi connectivity index (χ1n) is 13.9. The normalized spacial score (nSPS) is 20.5. The minimum absolute atomic E-state index is 0.00166. The summed E-state index contributed by atoms with van der Waals surface area (Å²) in [6.45, 7) is 4.03. The molecule has 2 aliphatic carbocycles. The molecule has 0 aromatic rings. The van der Waals surface area contributed by atoms with Crippen molar-refractivity contribution in [1.82, 2.24) is 7.42 Å². The SMILES string of the molecule is CCCCS(=O)(=O)N(SSSN(C1CCCCCCC1)S(=O)(=O)CCCC)C1CCCCCCC1. The maximum atomic E-state index is 13.3. The Bertz CT molecular complexity index is 699. The molecule has 35 heavy (non-hydrogen) atoms. The highest BCUT2D eigenvalue weighted by Crippen LogP contribution is 2.46. The lowest BCUT2D eigenvalue weighted by Crippen LogP contribution is -2.37. The fraction of sp³-hybridized carbons (Fsp3) is 1.00. The maximum Gasteiger partial charge on any atom is 0.224 e. The molecule has 0 aliphatic heterocycles. The Morgan fingerprint density at radius 3 is 1.20 bits per heavy atom. The maximum absolute atomic E-state index is 13.3. The number of rotatable bonds is 14. The molecule has 2 fully saturated rings. The molecule has 11 heteroatoms. The Kier molecular flexibility index (Phi) is 16.0. The largest absolute Gasteiger partial charge is 0.224 e. The van der Waals surface area contributed by atoms with E-state index < -0.39 is 20.0 Å². The van der Waals surface area contributed by atoms with E-state index in [1.807, 2.05) is 13.8 Å². The summed E-state index contributed by atoms with van der Waals surface area (Å²) in [4.78, 5) is 0. The van der Waals surface area contributed by atoms with Crippen LogP contribution in [-0.2, 0) is 20.0 Å². The Morgan fingerprint density at radius 1 is 0.571 bits per heavy atom. The molecule has 6 nitrogen and oxygen atoms in total. The Balaban J connectivity index is 2.16. The second-order valence-corrected chi connectivity index (χ2v) is 18.2. The first kappa shape index (κ1) is 32.1. The first-order chi connectivity index (χ1) is 16.8. The van der Waals surface area contributed by atoms with E-state index in [1.165, 1.54) is 44.6 Å². The van der Waals surface area contributed by atoms with Gasteiger partial charge in [-0.15, -0.1) is 7.42 Å². The van der Waals surface area contributed by atoms with Gasteiger partial charge in [0.2, 0.25) is 20.0 Å². The fourth-order valence-corrected chi connectivity index (χ4v) is 15.4. The topological polar surface area (TPSA) is 74.8 Å². The zero-order valence-corrected chi connectivity index (χ0v) is 25.9. The monoisotopic (exact) mass is 588 g/mol. The second kappa shape index (κ2) is 17.5. The van der Waals surface area contributed by atoms with E-state index in [-0.39, 0.29) is 23.6 Å². The minimum atomic E-state index is -3.40. The van der Waals surface area contributed by atoms with E-state index in [0.29, 0.717) is 12.8 Å². The molecule has 0 bridgehead atoms. The molecule has 0 radical (unpaired) electrons. The number of nitrogens with zero attached hydrogens (tertiary/aromatic N) is 2. The van der Waals surface area contributed by atoms with Gasteiger partial charge in [0.1, 0.15) is 0 Å². The van der Waals surface area contributed by atoms with Crippen LogP contribution in [0.1, 0.15) is 129 Å². The predicted octanol–water partition coefficient (Wildman–Crippen LogP) is 7.94. The standard InChI is InChI=1S/C24H48N2O4S5/c1-3-5-21-34(27,28)25(23-17-13-9-7-10-14-18-23)31-33-32-26(35(29,30)22-6-4-2)24-19-15-11-8-12-16-20-24/h23-24H,3-22H2,1-2H3. The van der Waals surface area contributed by atoms with Gasteiger partial charge >= 0.3 is 0 Å². The van der Waals surface area contributed by atoms with Gasteiger partial charge in [0.05, 0.1) is 11.5 Å². The van der Waals surface area contributed by atoms with Crippen LogP contribution < -0.4 is 0 Å². The van der Waals surface area contributed by atoms with Crippen molar-refractivity contribution in [2.75, 3.05) is 11.5 Å². The van der Waals surface area contributed by atoms with Crippen LogP contribution in [0.25, 0.3) is 0 Å². The molecule has 208 valence electrons. The smallest absolute Gasteiger partial charge is 0.211 e. The lowest BCUT2D eigenvalue weighted by molar-refractivity contribution is 0.363. The van der Waals surface area contributed by atoms with E-state index in [9.17, 15) is 16.8 Å². The van der Waals surface area contributed by atoms with Crippen LogP contribution >= 0.6 is 31.8 Å². The van der Waals surface area contributed by atoms with Crippen LogP contribution in [0, 0.1) is 0 Å². The summed E-state index contributed by atoms with van der Waals surface area (Å²) in [6, 6.07) is 0.00333. The van der Waals surface area contributed by atoms with Crippen LogP contribution in [0.5, 0.6) is 0 Å². The summed E-state index contributed by atoms with van der Waals surface area (Å²) < 4.78 is 56.7. The highest BCUT2D eigenvalue weighted by atomic mass is 33.5. The summed E-state index contributed by atoms with van der Waals surface area (Å²) in [7, 11) is -2.95. The van der Waals surface area contributed by atoms with Crippen molar-refractivity contribution in [3.05, 3.63) is 0 Å². The van der Waals surface area contributed by atoms with Crippen LogP contribution in [0.3, 0.4) is 0 Å². The summed E-state index contributed by atoms with van der Waals surface area (Å²) in [5.41, 5.74) is 0. The molecular weight excluding hydrogens is 541 g/mol. The molecule has 0 spiro atoms. The van der Waals surface area contributed by atoms with Gasteiger partial charge < -0.3 is 0 Å². The number of hydrogen-bond donors (Lipinski definition) is 0. The minimum Gasteiger partial charge on any atom is -0.211 e. The van der Waals surface area contributed by atoms with Crippen LogP contribution in [0.4, 0.5) is 0 Å². The molecule has 0 N–H and O–H groups in total. The van der Waals surface area contributed by atoms with Gasteiger partial charge in [0.25, 0.3) is 0 Å². The lowest BCUT2D eigenvalue weighted by Gasteiger charge is -2.33. The average molecular weight is 589 g/mol. The van der Waals surface area contributed by atoms with Gasteiger partial charge in [0, 0.05) is 43.9 Å². The molecule has 0 saturated heterocycles. The summed E-state index contributed by atoms with van der Waals surface area (Å²) in [5.74, 6) is 0.332. The van der Waals surface area contributed by atoms with Gasteiger partial charge in [-0.2, -0.15) is 0 Å². The third kappa shape index (κ3) is 11.6. The van der Waals surface area contributed by atoms with Crippen molar-refractivity contribution in [3.8, 4) is 0 Å². The van der Waals surface area contributed by atoms with Gasteiger partial charge in [-0.25, -0.2) is 16.8 Å². The van der Waals surface area contributed by atoms with Gasteiger partial charge in [-0.3, -0.25) is 0 Å². The van der Waals surface area contributed by atoms with Crippen molar-refractivity contribution >= 4 is 51.8 Å². The van der Waals surface area contributed by atoms with Gasteiger partial charge in [-0.05, 0) is 38.5 Å². The number of unbranched alkanes of at least 4 members (excludes halogenated alkanes) is 2. The molecule has 0 atom stereocenters. The fourth-order valence-electron chi connectivity index (χ4n) is 4.87. The molecule has 2 saturated carbocycles. The van der Waals surface area contributed by atoms with E-state index in [4.69, 9.17) is 0 Å². The van der Waals surface area contributed by atoms with Crippen molar-refractivity contribution in [2.45, 2.75) is 142 Å². The predicted molar refractivity (Wildman–Crippen MR) is 156 cm³/mol. The van der Waals surface area contributed by atoms with Crippen molar-refractivity contribution < 1.29 is 16.8 Å². The van der Waals surface area contributed by atoms with Crippen molar-refractivity contribution in [1.29, 1.82) is 0 Å². The lowest BCUT2D eigenvalue weighted by atomic mass is 9.97. The Morgan fingerprint density at radius 2 is 0.886 bits per heavy atom. The third-order valence-electron chi connectivity index (χ3n) is 7.01. The van der Waals surface area contributed by atoms with E-state index >= 15 is 0 Å². The Hall–Kier alpha value is 0.870. The molecule has 0 unspecified atom stereocenters. The second-order valence-electron chi connectivity index (χ2n) is 10.1. The highest BCUT2D eigenvalue weighted by molar-refractivity contribution is 9.09. The summed E-state index contributed by atoms with van der Waals surface area (Å²) in [6.07, 6.45) is 17.9. The van der Waals surface area contributed by atoms with Crippen LogP contribution in [0.15, 0.2) is 0 Å². The molecule has 0 aromatic carbocycles. The summed E-state index contributed by atoms with van der Waals surface area (Å²) in [5, 5.41) is 0. The first-order valence-corrected chi connectivity index (χ1v) is 20.5. The van der Waals surface area contributed by atoms with Crippen molar-refractivity contribution in [3.63, 3.8) is 0 Å². The van der Waals surface area contributed by atoms with E-state index in [1.54, 1.807) is 7.42 Å². The molecular formula is C24H48N2O4S5. The molecule has 2 aliphatic rings. The van der Waals surface area contributed by atoms with E-state index in [0.717, 1.165) is 89.9 Å².